The molecule has 0 aliphatic carbocycles. The number of ether oxygens (including phenoxy) is 1. The van der Waals surface area contributed by atoms with Crippen molar-refractivity contribution in [2.24, 2.45) is 0 Å². The summed E-state index contributed by atoms with van der Waals surface area (Å²) < 4.78 is 6.35. The molecule has 11 nitrogen and oxygen atoms in total. The number of nitrogens with one attached hydrogen (secondary N) is 1. The summed E-state index contributed by atoms with van der Waals surface area (Å²) in [4.78, 5) is 66.7. The molecule has 1 aromatic rings. The lowest BCUT2D eigenvalue weighted by atomic mass is 10.2. The van der Waals surface area contributed by atoms with Gasteiger partial charge in [-0.3, -0.25) is 28.7 Å². The maximum absolute atomic E-state index is 13.0. The summed E-state index contributed by atoms with van der Waals surface area (Å²) >= 11 is 0. The maximum atomic E-state index is 13.0. The highest BCUT2D eigenvalue weighted by Crippen LogP contribution is 2.20. The maximum Gasteiger partial charge on any atom is 0.330 e. The van der Waals surface area contributed by atoms with Crippen LogP contribution in [0.2, 0.25) is 0 Å². The molecule has 1 rings (SSSR count). The molecule has 11 heteroatoms. The number of nitrogens with two attached hydrogens (primary N) is 1. The number of esters is 1. The fourth-order valence-corrected chi connectivity index (χ4v) is 3.27. The van der Waals surface area contributed by atoms with E-state index in [0.717, 1.165) is 19.3 Å². The van der Waals surface area contributed by atoms with E-state index < -0.39 is 29.2 Å². The van der Waals surface area contributed by atoms with Gasteiger partial charge in [-0.1, -0.05) is 33.1 Å². The number of nitrogen functional groups attached to an aromatic ring is 1. The number of amides is 2. The standard InChI is InChI=1S/C22H37N5O6/c1-6-8-10-14-26(16(28)11-12-17(29)33-15(3)21(31)25(4)5)18-19(23)27(13-9-7-2)22(32)24-20(18)30/h15H,6-14,23H2,1-5H3,(H,24,30,32). The minimum Gasteiger partial charge on any atom is -0.453 e. The Morgan fingerprint density at radius 1 is 1.06 bits per heavy atom. The van der Waals surface area contributed by atoms with Crippen molar-refractivity contribution in [2.75, 3.05) is 31.3 Å². The van der Waals surface area contributed by atoms with Gasteiger partial charge in [0, 0.05) is 33.6 Å². The number of likely N-dealkylation sites (N-methyl/N-ethyl adjacent to an activating group) is 1. The molecule has 0 spiro atoms. The molecule has 186 valence electrons. The summed E-state index contributed by atoms with van der Waals surface area (Å²) in [5.74, 6) is -1.64. The van der Waals surface area contributed by atoms with E-state index in [1.165, 1.54) is 21.3 Å². The molecule has 2 amide bonds. The average Bonchev–Trinajstić information content (AvgIpc) is 2.75. The van der Waals surface area contributed by atoms with Crippen LogP contribution < -0.4 is 21.9 Å². The topological polar surface area (TPSA) is 148 Å². The molecule has 1 unspecified atom stereocenters. The minimum absolute atomic E-state index is 0.0742. The van der Waals surface area contributed by atoms with Gasteiger partial charge < -0.3 is 20.3 Å². The van der Waals surface area contributed by atoms with Crippen molar-refractivity contribution in [2.45, 2.75) is 78.4 Å². The first-order chi connectivity index (χ1) is 15.5. The summed E-state index contributed by atoms with van der Waals surface area (Å²) in [6, 6.07) is 0. The highest BCUT2D eigenvalue weighted by molar-refractivity contribution is 5.97. The van der Waals surface area contributed by atoms with Gasteiger partial charge in [-0.25, -0.2) is 4.79 Å². The van der Waals surface area contributed by atoms with Crippen LogP contribution in [-0.4, -0.2) is 59.0 Å². The quantitative estimate of drug-likeness (QED) is 0.327. The monoisotopic (exact) mass is 467 g/mol. The van der Waals surface area contributed by atoms with Gasteiger partial charge >= 0.3 is 11.7 Å². The van der Waals surface area contributed by atoms with Gasteiger partial charge in [-0.2, -0.15) is 0 Å². The molecule has 0 saturated heterocycles. The minimum atomic E-state index is -0.969. The summed E-state index contributed by atoms with van der Waals surface area (Å²) in [5.41, 5.74) is 4.71. The Balaban J connectivity index is 3.10. The summed E-state index contributed by atoms with van der Waals surface area (Å²) in [6.07, 6.45) is 2.36. The molecule has 0 aromatic carbocycles. The zero-order valence-corrected chi connectivity index (χ0v) is 20.3. The number of rotatable bonds is 13. The molecule has 0 aliphatic heterocycles. The molecule has 0 saturated carbocycles. The number of H-pyrrole nitrogens is 1. The zero-order valence-electron chi connectivity index (χ0n) is 20.3. The van der Waals surface area contributed by atoms with Gasteiger partial charge in [-0.15, -0.1) is 0 Å². The van der Waals surface area contributed by atoms with Gasteiger partial charge in [0.25, 0.3) is 11.5 Å². The van der Waals surface area contributed by atoms with Crippen LogP contribution in [0.1, 0.15) is 65.7 Å². The van der Waals surface area contributed by atoms with E-state index in [0.29, 0.717) is 19.4 Å². The van der Waals surface area contributed by atoms with E-state index in [4.69, 9.17) is 10.5 Å². The zero-order chi connectivity index (χ0) is 25.1. The van der Waals surface area contributed by atoms with Crippen molar-refractivity contribution in [3.63, 3.8) is 0 Å². The van der Waals surface area contributed by atoms with E-state index in [2.05, 4.69) is 4.98 Å². The molecule has 1 aromatic heterocycles. The number of carbonyl (C=O) groups is 3. The Morgan fingerprint density at radius 2 is 1.70 bits per heavy atom. The van der Waals surface area contributed by atoms with Gasteiger partial charge in [0.05, 0.1) is 6.42 Å². The van der Waals surface area contributed by atoms with Crippen LogP contribution in [0.15, 0.2) is 9.59 Å². The van der Waals surface area contributed by atoms with Crippen molar-refractivity contribution < 1.29 is 19.1 Å². The average molecular weight is 468 g/mol. The van der Waals surface area contributed by atoms with E-state index >= 15 is 0 Å². The lowest BCUT2D eigenvalue weighted by molar-refractivity contribution is -0.158. The summed E-state index contributed by atoms with van der Waals surface area (Å²) in [6.45, 7) is 5.95. The normalized spacial score (nSPS) is 11.7. The highest BCUT2D eigenvalue weighted by atomic mass is 16.5. The Kier molecular flexibility index (Phi) is 11.4. The lowest BCUT2D eigenvalue weighted by Gasteiger charge is -2.24. The predicted octanol–water partition coefficient (Wildman–Crippen LogP) is 1.24. The molecule has 0 bridgehead atoms. The molecule has 0 aliphatic rings. The number of aromatic nitrogens is 2. The van der Waals surface area contributed by atoms with E-state index in [1.807, 2.05) is 13.8 Å². The highest BCUT2D eigenvalue weighted by Gasteiger charge is 2.25. The van der Waals surface area contributed by atoms with E-state index in [1.54, 1.807) is 14.1 Å². The number of hydrogen-bond donors (Lipinski definition) is 2. The first-order valence-electron chi connectivity index (χ1n) is 11.4. The fourth-order valence-electron chi connectivity index (χ4n) is 3.27. The SMILES string of the molecule is CCCCCN(C(=O)CCC(=O)OC(C)C(=O)N(C)C)c1c(N)n(CCCC)c(=O)[nH]c1=O. The molecule has 0 fully saturated rings. The van der Waals surface area contributed by atoms with Gasteiger partial charge in [-0.05, 0) is 19.8 Å². The van der Waals surface area contributed by atoms with E-state index in [9.17, 15) is 24.0 Å². The van der Waals surface area contributed by atoms with Crippen LogP contribution in [0.4, 0.5) is 11.5 Å². The van der Waals surface area contributed by atoms with Crippen LogP contribution >= 0.6 is 0 Å². The third-order valence-corrected chi connectivity index (χ3v) is 5.15. The van der Waals surface area contributed by atoms with Crippen molar-refractivity contribution in [1.82, 2.24) is 14.5 Å². The van der Waals surface area contributed by atoms with Crippen LogP contribution in [-0.2, 0) is 25.7 Å². The number of aromatic amines is 1. The number of carbonyl (C=O) groups excluding carboxylic acids is 3. The van der Waals surface area contributed by atoms with Gasteiger partial charge in [0.15, 0.2) is 11.8 Å². The Morgan fingerprint density at radius 3 is 2.27 bits per heavy atom. The molecular formula is C22H37N5O6. The summed E-state index contributed by atoms with van der Waals surface area (Å²) in [5, 5.41) is 0. The second kappa shape index (κ2) is 13.4. The van der Waals surface area contributed by atoms with Crippen LogP contribution in [0.5, 0.6) is 0 Å². The largest absolute Gasteiger partial charge is 0.453 e. The molecule has 3 N–H and O–H groups in total. The number of nitrogens with zero attached hydrogens (tertiary/aromatic N) is 3. The summed E-state index contributed by atoms with van der Waals surface area (Å²) in [7, 11) is 3.10. The predicted molar refractivity (Wildman–Crippen MR) is 126 cm³/mol. The van der Waals surface area contributed by atoms with Crippen molar-refractivity contribution in [1.29, 1.82) is 0 Å². The molecule has 1 heterocycles. The second-order valence-electron chi connectivity index (χ2n) is 8.12. The number of anilines is 2. The lowest BCUT2D eigenvalue weighted by Crippen LogP contribution is -2.42. The fraction of sp³-hybridized carbons (Fsp3) is 0.682. The Labute approximate surface area is 193 Å². The van der Waals surface area contributed by atoms with Gasteiger partial charge in [0.1, 0.15) is 5.82 Å². The van der Waals surface area contributed by atoms with Crippen molar-refractivity contribution in [3.8, 4) is 0 Å². The van der Waals surface area contributed by atoms with Crippen molar-refractivity contribution in [3.05, 3.63) is 20.8 Å². The Hall–Kier alpha value is -3.11. The molecular weight excluding hydrogens is 430 g/mol. The first-order valence-corrected chi connectivity index (χ1v) is 11.4. The molecule has 33 heavy (non-hydrogen) atoms. The number of unbranched alkanes of at least 4 members (excludes halogenated alkanes) is 3. The van der Waals surface area contributed by atoms with Gasteiger partial charge in [0.2, 0.25) is 5.91 Å². The molecule has 0 radical (unpaired) electrons. The second-order valence-corrected chi connectivity index (χ2v) is 8.12. The Bertz CT molecular complexity index is 936. The first kappa shape index (κ1) is 27.9. The third-order valence-electron chi connectivity index (χ3n) is 5.15. The van der Waals surface area contributed by atoms with Crippen molar-refractivity contribution >= 4 is 29.3 Å². The van der Waals surface area contributed by atoms with Crippen LogP contribution in [0.3, 0.4) is 0 Å². The smallest absolute Gasteiger partial charge is 0.330 e. The number of hydrogen-bond acceptors (Lipinski definition) is 7. The van der Waals surface area contributed by atoms with Crippen LogP contribution in [0, 0.1) is 0 Å². The third kappa shape index (κ3) is 8.07. The van der Waals surface area contributed by atoms with Crippen LogP contribution in [0.25, 0.3) is 0 Å². The molecule has 1 atom stereocenters. The van der Waals surface area contributed by atoms with E-state index in [-0.39, 0.29) is 36.8 Å².